The summed E-state index contributed by atoms with van der Waals surface area (Å²) in [7, 11) is 1.37. The molecule has 1 saturated heterocycles. The number of hydrogen-bond acceptors (Lipinski definition) is 4. The molecule has 5 heteroatoms. The van der Waals surface area contributed by atoms with Crippen LogP contribution in [0.3, 0.4) is 0 Å². The highest BCUT2D eigenvalue weighted by molar-refractivity contribution is 5.72. The van der Waals surface area contributed by atoms with Gasteiger partial charge in [-0.05, 0) is 24.1 Å². The molecule has 1 aromatic carbocycles. The van der Waals surface area contributed by atoms with Gasteiger partial charge in [-0.3, -0.25) is 4.79 Å². The van der Waals surface area contributed by atoms with Gasteiger partial charge in [0.25, 0.3) is 0 Å². The van der Waals surface area contributed by atoms with Crippen molar-refractivity contribution in [2.75, 3.05) is 20.3 Å². The van der Waals surface area contributed by atoms with Crippen molar-refractivity contribution in [3.63, 3.8) is 0 Å². The predicted molar refractivity (Wildman–Crippen MR) is 69.0 cm³/mol. The number of rotatable bonds is 5. The quantitative estimate of drug-likeness (QED) is 0.821. The van der Waals surface area contributed by atoms with E-state index in [2.05, 4.69) is 10.1 Å². The third-order valence-electron chi connectivity index (χ3n) is 3.12. The van der Waals surface area contributed by atoms with E-state index in [0.717, 1.165) is 11.3 Å². The smallest absolute Gasteiger partial charge is 0.309 e. The average Bonchev–Trinajstić information content (AvgIpc) is 2.83. The number of methoxy groups -OCH3 is 1. The molecule has 0 aromatic heterocycles. The van der Waals surface area contributed by atoms with Crippen molar-refractivity contribution in [3.05, 3.63) is 29.8 Å². The van der Waals surface area contributed by atoms with Crippen LogP contribution in [-0.4, -0.2) is 38.4 Å². The molecule has 4 nitrogen and oxygen atoms in total. The Morgan fingerprint density at radius 2 is 2.16 bits per heavy atom. The van der Waals surface area contributed by atoms with Crippen LogP contribution in [0.15, 0.2) is 24.3 Å². The molecule has 0 saturated carbocycles. The van der Waals surface area contributed by atoms with Crippen molar-refractivity contribution >= 4 is 5.97 Å². The highest BCUT2D eigenvalue weighted by atomic mass is 19.1. The monoisotopic (exact) mass is 267 g/mol. The first kappa shape index (κ1) is 13.8. The van der Waals surface area contributed by atoms with Crippen LogP contribution >= 0.6 is 0 Å². The van der Waals surface area contributed by atoms with E-state index in [0.29, 0.717) is 19.6 Å². The number of carbonyl (C=O) groups is 1. The zero-order chi connectivity index (χ0) is 13.7. The van der Waals surface area contributed by atoms with Gasteiger partial charge in [-0.25, -0.2) is 4.39 Å². The largest absolute Gasteiger partial charge is 0.492 e. The summed E-state index contributed by atoms with van der Waals surface area (Å²) in [5, 5.41) is 3.06. The SMILES string of the molecule is COC(=O)Cc1ccc(OCC2CC(F)CN2)cc1. The molecule has 1 heterocycles. The number of nitrogens with one attached hydrogen (secondary N) is 1. The van der Waals surface area contributed by atoms with Gasteiger partial charge < -0.3 is 14.8 Å². The number of benzene rings is 1. The maximum atomic E-state index is 12.9. The van der Waals surface area contributed by atoms with Crippen molar-refractivity contribution in [2.24, 2.45) is 0 Å². The molecule has 2 rings (SSSR count). The number of hydrogen-bond donors (Lipinski definition) is 1. The standard InChI is InChI=1S/C14H18FNO3/c1-18-14(17)6-10-2-4-13(5-3-10)19-9-12-7-11(15)8-16-12/h2-5,11-12,16H,6-9H2,1H3. The van der Waals surface area contributed by atoms with E-state index in [4.69, 9.17) is 4.74 Å². The van der Waals surface area contributed by atoms with E-state index in [1.165, 1.54) is 7.11 Å². The molecule has 0 bridgehead atoms. The van der Waals surface area contributed by atoms with Crippen molar-refractivity contribution in [2.45, 2.75) is 25.1 Å². The minimum absolute atomic E-state index is 0.0738. The fraction of sp³-hybridized carbons (Fsp3) is 0.500. The number of ether oxygens (including phenoxy) is 2. The minimum atomic E-state index is -0.768. The molecule has 1 aliphatic heterocycles. The van der Waals surface area contributed by atoms with E-state index >= 15 is 0 Å². The van der Waals surface area contributed by atoms with E-state index in [1.54, 1.807) is 12.1 Å². The summed E-state index contributed by atoms with van der Waals surface area (Å²) < 4.78 is 23.1. The highest BCUT2D eigenvalue weighted by Gasteiger charge is 2.23. The molecule has 19 heavy (non-hydrogen) atoms. The van der Waals surface area contributed by atoms with Crippen molar-refractivity contribution in [3.8, 4) is 5.75 Å². The lowest BCUT2D eigenvalue weighted by atomic mass is 10.1. The topological polar surface area (TPSA) is 47.6 Å². The van der Waals surface area contributed by atoms with Crippen molar-refractivity contribution < 1.29 is 18.7 Å². The third-order valence-corrected chi connectivity index (χ3v) is 3.12. The summed E-state index contributed by atoms with van der Waals surface area (Å²) in [4.78, 5) is 11.1. The van der Waals surface area contributed by atoms with Gasteiger partial charge in [0.05, 0.1) is 13.5 Å². The van der Waals surface area contributed by atoms with Crippen LogP contribution in [0.25, 0.3) is 0 Å². The summed E-state index contributed by atoms with van der Waals surface area (Å²) in [6.45, 7) is 0.864. The molecule has 0 aliphatic carbocycles. The summed E-state index contributed by atoms with van der Waals surface area (Å²) >= 11 is 0. The molecular formula is C14H18FNO3. The van der Waals surface area contributed by atoms with Gasteiger partial charge in [0, 0.05) is 12.6 Å². The summed E-state index contributed by atoms with van der Waals surface area (Å²) in [5.74, 6) is 0.454. The maximum absolute atomic E-state index is 12.9. The van der Waals surface area contributed by atoms with Gasteiger partial charge in [-0.2, -0.15) is 0 Å². The fourth-order valence-electron chi connectivity index (χ4n) is 2.04. The summed E-state index contributed by atoms with van der Waals surface area (Å²) in [5.41, 5.74) is 0.877. The first-order valence-electron chi connectivity index (χ1n) is 6.33. The number of halogens is 1. The van der Waals surface area contributed by atoms with Crippen LogP contribution in [0, 0.1) is 0 Å². The lowest BCUT2D eigenvalue weighted by Gasteiger charge is -2.12. The molecule has 2 unspecified atom stereocenters. The first-order chi connectivity index (χ1) is 9.17. The Morgan fingerprint density at radius 3 is 2.74 bits per heavy atom. The van der Waals surface area contributed by atoms with Crippen LogP contribution in [0.5, 0.6) is 5.75 Å². The van der Waals surface area contributed by atoms with Crippen molar-refractivity contribution in [1.82, 2.24) is 5.32 Å². The molecule has 0 spiro atoms. The van der Waals surface area contributed by atoms with Crippen LogP contribution in [0.1, 0.15) is 12.0 Å². The molecule has 1 aliphatic rings. The van der Waals surface area contributed by atoms with Gasteiger partial charge in [0.1, 0.15) is 18.5 Å². The lowest BCUT2D eigenvalue weighted by Crippen LogP contribution is -2.28. The molecule has 104 valence electrons. The van der Waals surface area contributed by atoms with Crippen LogP contribution < -0.4 is 10.1 Å². The zero-order valence-corrected chi connectivity index (χ0v) is 10.9. The zero-order valence-electron chi connectivity index (χ0n) is 10.9. The molecule has 1 fully saturated rings. The Kier molecular flexibility index (Phi) is 4.74. The summed E-state index contributed by atoms with van der Waals surface area (Å²) in [6, 6.07) is 7.34. The van der Waals surface area contributed by atoms with Gasteiger partial charge in [0.2, 0.25) is 0 Å². The third kappa shape index (κ3) is 4.21. The number of alkyl halides is 1. The average molecular weight is 267 g/mol. The van der Waals surface area contributed by atoms with E-state index < -0.39 is 6.17 Å². The first-order valence-corrected chi connectivity index (χ1v) is 6.33. The Bertz CT molecular complexity index is 421. The highest BCUT2D eigenvalue weighted by Crippen LogP contribution is 2.15. The van der Waals surface area contributed by atoms with E-state index in [1.807, 2.05) is 12.1 Å². The van der Waals surface area contributed by atoms with Crippen LogP contribution in [-0.2, 0) is 16.0 Å². The van der Waals surface area contributed by atoms with Crippen LogP contribution in [0.2, 0.25) is 0 Å². The Balaban J connectivity index is 1.80. The van der Waals surface area contributed by atoms with E-state index in [9.17, 15) is 9.18 Å². The normalized spacial score (nSPS) is 22.2. The predicted octanol–water partition coefficient (Wildman–Crippen LogP) is 1.48. The number of carbonyl (C=O) groups excluding carboxylic acids is 1. The van der Waals surface area contributed by atoms with Gasteiger partial charge in [-0.1, -0.05) is 12.1 Å². The summed E-state index contributed by atoms with van der Waals surface area (Å²) in [6.07, 6.45) is -0.0127. The number of esters is 1. The van der Waals surface area contributed by atoms with Gasteiger partial charge in [-0.15, -0.1) is 0 Å². The second-order valence-electron chi connectivity index (χ2n) is 4.65. The van der Waals surface area contributed by atoms with Crippen LogP contribution in [0.4, 0.5) is 4.39 Å². The second kappa shape index (κ2) is 6.52. The molecule has 2 atom stereocenters. The van der Waals surface area contributed by atoms with Gasteiger partial charge >= 0.3 is 5.97 Å². The van der Waals surface area contributed by atoms with Gasteiger partial charge in [0.15, 0.2) is 0 Å². The molecule has 0 amide bonds. The molecule has 0 radical (unpaired) electrons. The molecule has 1 N–H and O–H groups in total. The van der Waals surface area contributed by atoms with E-state index in [-0.39, 0.29) is 18.4 Å². The Labute approximate surface area is 111 Å². The molecular weight excluding hydrogens is 249 g/mol. The van der Waals surface area contributed by atoms with Crippen molar-refractivity contribution in [1.29, 1.82) is 0 Å². The Morgan fingerprint density at radius 1 is 1.42 bits per heavy atom. The Hall–Kier alpha value is -1.62. The fourth-order valence-corrected chi connectivity index (χ4v) is 2.04. The second-order valence-corrected chi connectivity index (χ2v) is 4.65. The molecule has 1 aromatic rings. The minimum Gasteiger partial charge on any atom is -0.492 e. The maximum Gasteiger partial charge on any atom is 0.309 e. The lowest BCUT2D eigenvalue weighted by molar-refractivity contribution is -0.139.